The number of fused-ring (bicyclic) bond motifs is 2. The molecule has 0 saturated carbocycles. The van der Waals surface area contributed by atoms with Gasteiger partial charge in [-0.15, -0.1) is 0 Å². The number of rotatable bonds is 3. The molecule has 5 rings (SSSR count). The number of H-pyrrole nitrogens is 1. The van der Waals surface area contributed by atoms with Gasteiger partial charge < -0.3 is 9.72 Å². The quantitative estimate of drug-likeness (QED) is 0.731. The number of nitrogens with zero attached hydrogens (tertiary/aromatic N) is 2. The lowest BCUT2D eigenvalue weighted by Crippen LogP contribution is -2.38. The second kappa shape index (κ2) is 6.56. The van der Waals surface area contributed by atoms with Crippen LogP contribution < -0.4 is 4.74 Å². The third-order valence-corrected chi connectivity index (χ3v) is 7.61. The molecule has 0 aliphatic carbocycles. The summed E-state index contributed by atoms with van der Waals surface area (Å²) in [6, 6.07) is 6.68. The number of ether oxygens (including phenoxy) is 1. The maximum absolute atomic E-state index is 14.5. The van der Waals surface area contributed by atoms with Gasteiger partial charge in [0.05, 0.1) is 18.3 Å². The van der Waals surface area contributed by atoms with Crippen LogP contribution in [0.3, 0.4) is 0 Å². The first kappa shape index (κ1) is 17.6. The topological polar surface area (TPSA) is 75.3 Å². The summed E-state index contributed by atoms with van der Waals surface area (Å²) in [6.45, 7) is 1.17. The predicted molar refractivity (Wildman–Crippen MR) is 102 cm³/mol. The molecular weight excluding hydrogens is 381 g/mol. The van der Waals surface area contributed by atoms with Crippen LogP contribution in [0.15, 0.2) is 41.6 Å². The fraction of sp³-hybridized carbons (Fsp3) is 0.350. The number of halogens is 1. The molecule has 0 amide bonds. The summed E-state index contributed by atoms with van der Waals surface area (Å²) in [6.07, 6.45) is 5.63. The number of aromatic amines is 1. The number of piperidine rings is 1. The van der Waals surface area contributed by atoms with Crippen LogP contribution in [0.2, 0.25) is 0 Å². The smallest absolute Gasteiger partial charge is 0.245 e. The molecule has 1 fully saturated rings. The van der Waals surface area contributed by atoms with Crippen molar-refractivity contribution in [3.63, 3.8) is 0 Å². The van der Waals surface area contributed by atoms with Gasteiger partial charge in [-0.05, 0) is 36.6 Å². The molecule has 2 aliphatic rings. The molecule has 1 saturated heterocycles. The average molecular weight is 401 g/mol. The molecule has 0 atom stereocenters. The molecule has 1 aromatic carbocycles. The van der Waals surface area contributed by atoms with Gasteiger partial charge in [-0.2, -0.15) is 4.31 Å². The van der Waals surface area contributed by atoms with Crippen LogP contribution in [0.4, 0.5) is 4.39 Å². The molecule has 2 aliphatic heterocycles. The maximum atomic E-state index is 14.5. The van der Waals surface area contributed by atoms with E-state index < -0.39 is 15.8 Å². The third kappa shape index (κ3) is 2.87. The van der Waals surface area contributed by atoms with Crippen molar-refractivity contribution in [2.24, 2.45) is 0 Å². The monoisotopic (exact) mass is 401 g/mol. The van der Waals surface area contributed by atoms with Crippen LogP contribution in [0.1, 0.15) is 30.0 Å². The molecule has 28 heavy (non-hydrogen) atoms. The fourth-order valence-corrected chi connectivity index (χ4v) is 5.66. The van der Waals surface area contributed by atoms with E-state index in [9.17, 15) is 12.8 Å². The maximum Gasteiger partial charge on any atom is 0.245 e. The van der Waals surface area contributed by atoms with Crippen molar-refractivity contribution in [3.8, 4) is 5.75 Å². The summed E-state index contributed by atoms with van der Waals surface area (Å²) >= 11 is 0. The number of pyridine rings is 1. The molecule has 6 nitrogen and oxygen atoms in total. The lowest BCUT2D eigenvalue weighted by Gasteiger charge is -2.31. The van der Waals surface area contributed by atoms with Gasteiger partial charge in [-0.3, -0.25) is 4.98 Å². The molecular formula is C20H20FN3O3S. The summed E-state index contributed by atoms with van der Waals surface area (Å²) < 4.78 is 47.2. The molecule has 8 heteroatoms. The second-order valence-electron chi connectivity index (χ2n) is 7.34. The summed E-state index contributed by atoms with van der Waals surface area (Å²) in [5, 5.41) is 1.10. The van der Waals surface area contributed by atoms with Crippen molar-refractivity contribution >= 4 is 20.9 Å². The first-order valence-corrected chi connectivity index (χ1v) is 10.8. The Hall–Kier alpha value is -2.45. The molecule has 4 heterocycles. The van der Waals surface area contributed by atoms with Gasteiger partial charge in [0.15, 0.2) is 0 Å². The van der Waals surface area contributed by atoms with Crippen molar-refractivity contribution in [2.75, 3.05) is 19.7 Å². The van der Waals surface area contributed by atoms with Crippen molar-refractivity contribution in [2.45, 2.75) is 30.1 Å². The number of sulfonamides is 1. The highest BCUT2D eigenvalue weighted by Crippen LogP contribution is 2.34. The molecule has 0 spiro atoms. The molecule has 2 aromatic heterocycles. The first-order chi connectivity index (χ1) is 13.5. The molecule has 0 unspecified atom stereocenters. The van der Waals surface area contributed by atoms with Gasteiger partial charge in [-0.1, -0.05) is 0 Å². The highest BCUT2D eigenvalue weighted by molar-refractivity contribution is 7.89. The lowest BCUT2D eigenvalue weighted by molar-refractivity contribution is 0.315. The van der Waals surface area contributed by atoms with E-state index in [2.05, 4.69) is 16.0 Å². The van der Waals surface area contributed by atoms with Gasteiger partial charge in [0.25, 0.3) is 0 Å². The van der Waals surface area contributed by atoms with E-state index >= 15 is 0 Å². The largest absolute Gasteiger partial charge is 0.493 e. The second-order valence-corrected chi connectivity index (χ2v) is 9.25. The summed E-state index contributed by atoms with van der Waals surface area (Å²) in [5.41, 5.74) is 2.71. The van der Waals surface area contributed by atoms with E-state index in [1.807, 2.05) is 18.5 Å². The number of hydrogen-bond acceptors (Lipinski definition) is 4. The van der Waals surface area contributed by atoms with Crippen molar-refractivity contribution < 1.29 is 17.5 Å². The summed E-state index contributed by atoms with van der Waals surface area (Å²) in [7, 11) is -3.87. The van der Waals surface area contributed by atoms with Gasteiger partial charge in [0.2, 0.25) is 10.0 Å². The van der Waals surface area contributed by atoms with E-state index in [0.717, 1.165) is 22.2 Å². The normalized spacial score (nSPS) is 18.3. The Morgan fingerprint density at radius 1 is 1.21 bits per heavy atom. The first-order valence-electron chi connectivity index (χ1n) is 9.41. The Balaban J connectivity index is 1.36. The predicted octanol–water partition coefficient (Wildman–Crippen LogP) is 3.21. The van der Waals surface area contributed by atoms with Gasteiger partial charge in [-0.25, -0.2) is 12.8 Å². The van der Waals surface area contributed by atoms with E-state index in [4.69, 9.17) is 4.74 Å². The number of nitrogens with one attached hydrogen (secondary N) is 1. The standard InChI is InChI=1S/C20H20FN3O3S/c21-16-11-19-15(4-8-27-19)10-20(16)28(25,26)24-6-2-13(3-7-24)17-9-14-1-5-22-18(14)12-23-17/h1,5,9-13,22H,2-4,6-8H2. The van der Waals surface area contributed by atoms with E-state index in [1.165, 1.54) is 16.4 Å². The SMILES string of the molecule is O=S(=O)(c1cc2c(cc1F)OCC2)N1CCC(c2cc3cc[nH]c3cn2)CC1. The average Bonchev–Trinajstić information content (AvgIpc) is 3.35. The minimum absolute atomic E-state index is 0.198. The van der Waals surface area contributed by atoms with Crippen LogP contribution in [0.5, 0.6) is 5.75 Å². The Bertz CT molecular complexity index is 1150. The number of aromatic nitrogens is 2. The van der Waals surface area contributed by atoms with Crippen LogP contribution in [-0.4, -0.2) is 42.4 Å². The number of benzene rings is 1. The Kier molecular flexibility index (Phi) is 4.13. The van der Waals surface area contributed by atoms with E-state index in [1.54, 1.807) is 0 Å². The van der Waals surface area contributed by atoms with E-state index in [0.29, 0.717) is 44.7 Å². The molecule has 0 bridgehead atoms. The van der Waals surface area contributed by atoms with Gasteiger partial charge >= 0.3 is 0 Å². The lowest BCUT2D eigenvalue weighted by atomic mass is 9.94. The molecule has 0 radical (unpaired) electrons. The Morgan fingerprint density at radius 2 is 2.04 bits per heavy atom. The van der Waals surface area contributed by atoms with Crippen molar-refractivity contribution in [1.82, 2.24) is 14.3 Å². The fourth-order valence-electron chi connectivity index (χ4n) is 4.10. The van der Waals surface area contributed by atoms with Crippen LogP contribution in [0, 0.1) is 5.82 Å². The summed E-state index contributed by atoms with van der Waals surface area (Å²) in [4.78, 5) is 7.40. The number of hydrogen-bond donors (Lipinski definition) is 1. The minimum Gasteiger partial charge on any atom is -0.493 e. The third-order valence-electron chi connectivity index (χ3n) is 5.69. The zero-order valence-corrected chi connectivity index (χ0v) is 16.0. The van der Waals surface area contributed by atoms with Crippen LogP contribution in [0.25, 0.3) is 10.9 Å². The van der Waals surface area contributed by atoms with Crippen molar-refractivity contribution in [3.05, 3.63) is 53.7 Å². The Morgan fingerprint density at radius 3 is 2.86 bits per heavy atom. The zero-order chi connectivity index (χ0) is 19.3. The highest BCUT2D eigenvalue weighted by atomic mass is 32.2. The highest BCUT2D eigenvalue weighted by Gasteiger charge is 2.33. The minimum atomic E-state index is -3.87. The molecule has 3 aromatic rings. The van der Waals surface area contributed by atoms with Gasteiger partial charge in [0, 0.05) is 48.8 Å². The summed E-state index contributed by atoms with van der Waals surface area (Å²) in [5.74, 6) is -0.104. The van der Waals surface area contributed by atoms with Crippen LogP contribution >= 0.6 is 0 Å². The molecule has 1 N–H and O–H groups in total. The van der Waals surface area contributed by atoms with Gasteiger partial charge in [0.1, 0.15) is 16.5 Å². The molecule has 146 valence electrons. The van der Waals surface area contributed by atoms with E-state index in [-0.39, 0.29) is 10.8 Å². The Labute approximate surface area is 162 Å². The van der Waals surface area contributed by atoms with Crippen molar-refractivity contribution in [1.29, 1.82) is 0 Å². The van der Waals surface area contributed by atoms with Crippen LogP contribution in [-0.2, 0) is 16.4 Å². The zero-order valence-electron chi connectivity index (χ0n) is 15.2.